The van der Waals surface area contributed by atoms with Crippen LogP contribution >= 0.6 is 0 Å². The predicted molar refractivity (Wildman–Crippen MR) is 144 cm³/mol. The van der Waals surface area contributed by atoms with E-state index < -0.39 is 0 Å². The Kier molecular flexibility index (Phi) is 6.90. The molecule has 0 saturated carbocycles. The van der Waals surface area contributed by atoms with Crippen molar-refractivity contribution in [3.8, 4) is 22.5 Å². The summed E-state index contributed by atoms with van der Waals surface area (Å²) in [5.41, 5.74) is 4.49. The number of benzene rings is 3. The molecule has 8 nitrogen and oxygen atoms in total. The van der Waals surface area contributed by atoms with Gasteiger partial charge in [0, 0.05) is 46.2 Å². The van der Waals surface area contributed by atoms with Crippen LogP contribution in [-0.2, 0) is 0 Å². The van der Waals surface area contributed by atoms with Crippen molar-refractivity contribution in [3.05, 3.63) is 65.5 Å². The minimum atomic E-state index is -0.254. The molecule has 0 radical (unpaired) electrons. The van der Waals surface area contributed by atoms with E-state index in [-0.39, 0.29) is 11.8 Å². The van der Waals surface area contributed by atoms with Gasteiger partial charge in [-0.15, -0.1) is 20.4 Å². The summed E-state index contributed by atoms with van der Waals surface area (Å²) in [5, 5.41) is 21.7. The average Bonchev–Trinajstić information content (AvgIpc) is 2.92. The Morgan fingerprint density at radius 2 is 1.49 bits per heavy atom. The molecule has 8 heteroatoms. The third-order valence-electron chi connectivity index (χ3n) is 6.70. The molecule has 0 aliphatic carbocycles. The predicted octanol–water partition coefficient (Wildman–Crippen LogP) is 5.67. The number of carbonyl (C=O) groups excluding carboxylic acids is 2. The first-order valence-electron chi connectivity index (χ1n) is 12.9. The van der Waals surface area contributed by atoms with Crippen molar-refractivity contribution >= 4 is 28.3 Å². The van der Waals surface area contributed by atoms with Gasteiger partial charge in [-0.25, -0.2) is 0 Å². The average molecular weight is 495 g/mol. The number of hydrogen-bond acceptors (Lipinski definition) is 7. The summed E-state index contributed by atoms with van der Waals surface area (Å²) in [4.78, 5) is 28.5. The van der Waals surface area contributed by atoms with Crippen LogP contribution in [0.15, 0.2) is 48.5 Å². The van der Waals surface area contributed by atoms with E-state index in [9.17, 15) is 9.59 Å². The van der Waals surface area contributed by atoms with Gasteiger partial charge in [-0.3, -0.25) is 14.5 Å². The molecule has 1 aliphatic heterocycles. The highest BCUT2D eigenvalue weighted by atomic mass is 16.2. The number of unbranched alkanes of at least 4 members (excludes halogenated alkanes) is 2. The Balaban J connectivity index is 1.73. The lowest BCUT2D eigenvalue weighted by Gasteiger charge is -2.28. The van der Waals surface area contributed by atoms with Gasteiger partial charge < -0.3 is 5.32 Å². The number of nitrogens with zero attached hydrogens (tertiary/aromatic N) is 5. The van der Waals surface area contributed by atoms with Gasteiger partial charge in [0.05, 0.1) is 0 Å². The third kappa shape index (κ3) is 4.55. The molecule has 5 rings (SSSR count). The van der Waals surface area contributed by atoms with Crippen LogP contribution in [0.2, 0.25) is 0 Å². The second-order valence-electron chi connectivity index (χ2n) is 9.32. The molecule has 0 bridgehead atoms. The summed E-state index contributed by atoms with van der Waals surface area (Å²) in [6.45, 7) is 7.15. The molecule has 0 atom stereocenters. The molecule has 37 heavy (non-hydrogen) atoms. The van der Waals surface area contributed by atoms with Gasteiger partial charge in [-0.2, -0.15) is 0 Å². The maximum atomic E-state index is 13.7. The van der Waals surface area contributed by atoms with Crippen LogP contribution < -0.4 is 5.32 Å². The first kappa shape index (κ1) is 24.5. The second kappa shape index (κ2) is 10.4. The first-order valence-corrected chi connectivity index (χ1v) is 12.9. The van der Waals surface area contributed by atoms with E-state index in [1.807, 2.05) is 55.5 Å². The van der Waals surface area contributed by atoms with E-state index >= 15 is 0 Å². The minimum absolute atomic E-state index is 0.227. The van der Waals surface area contributed by atoms with Crippen molar-refractivity contribution in [1.29, 1.82) is 0 Å². The summed E-state index contributed by atoms with van der Waals surface area (Å²) in [6.07, 6.45) is 3.74. The van der Waals surface area contributed by atoms with Crippen molar-refractivity contribution in [2.45, 2.75) is 46.5 Å². The molecule has 1 N–H and O–H groups in total. The SMILES string of the molecule is CCCCNc1ccc2c3c(cc(-c4ccccc4-c4nnc(C)nn4)cc13)C(=O)N(CCCC)C2=O. The standard InChI is InChI=1S/C29H30N6O2/c1-4-6-14-30-25-13-12-22-26-23(25)16-19(17-24(26)29(37)35(28(22)36)15-7-5-2)20-10-8-9-11-21(20)27-33-31-18(3)32-34-27/h8-13,16-17,30H,4-7,14-15H2,1-3H3. The molecule has 2 amide bonds. The van der Waals surface area contributed by atoms with Crippen molar-refractivity contribution in [1.82, 2.24) is 25.3 Å². The molecular formula is C29H30N6O2. The van der Waals surface area contributed by atoms with Crippen LogP contribution in [0.25, 0.3) is 33.3 Å². The largest absolute Gasteiger partial charge is 0.385 e. The number of aryl methyl sites for hydroxylation is 1. The number of anilines is 1. The quantitative estimate of drug-likeness (QED) is 0.236. The van der Waals surface area contributed by atoms with Gasteiger partial charge in [-0.1, -0.05) is 51.0 Å². The van der Waals surface area contributed by atoms with Crippen LogP contribution in [0.4, 0.5) is 5.69 Å². The third-order valence-corrected chi connectivity index (χ3v) is 6.70. The molecule has 1 aliphatic rings. The zero-order valence-corrected chi connectivity index (χ0v) is 21.4. The highest BCUT2D eigenvalue weighted by molar-refractivity contribution is 6.27. The number of hydrogen-bond donors (Lipinski definition) is 1. The van der Waals surface area contributed by atoms with Gasteiger partial charge in [0.15, 0.2) is 5.82 Å². The lowest BCUT2D eigenvalue weighted by molar-refractivity contribution is 0.0608. The highest BCUT2D eigenvalue weighted by Gasteiger charge is 2.33. The fourth-order valence-electron chi connectivity index (χ4n) is 4.76. The van der Waals surface area contributed by atoms with Crippen LogP contribution in [0.1, 0.15) is 66.1 Å². The summed E-state index contributed by atoms with van der Waals surface area (Å²) < 4.78 is 0. The number of aromatic nitrogens is 4. The smallest absolute Gasteiger partial charge is 0.261 e. The fourth-order valence-corrected chi connectivity index (χ4v) is 4.76. The summed E-state index contributed by atoms with van der Waals surface area (Å²) in [7, 11) is 0. The number of rotatable bonds is 9. The van der Waals surface area contributed by atoms with Crippen molar-refractivity contribution in [2.24, 2.45) is 0 Å². The topological polar surface area (TPSA) is 101 Å². The Morgan fingerprint density at radius 1 is 0.784 bits per heavy atom. The molecule has 2 heterocycles. The van der Waals surface area contributed by atoms with Gasteiger partial charge in [-0.05, 0) is 55.2 Å². The molecule has 0 spiro atoms. The normalized spacial score (nSPS) is 12.9. The molecule has 188 valence electrons. The van der Waals surface area contributed by atoms with Crippen molar-refractivity contribution in [2.75, 3.05) is 18.4 Å². The van der Waals surface area contributed by atoms with E-state index in [0.717, 1.165) is 60.0 Å². The fraction of sp³-hybridized carbons (Fsp3) is 0.310. The lowest BCUT2D eigenvalue weighted by Crippen LogP contribution is -2.40. The summed E-state index contributed by atoms with van der Waals surface area (Å²) in [5.74, 6) is 0.426. The van der Waals surface area contributed by atoms with E-state index in [4.69, 9.17) is 0 Å². The molecule has 0 saturated heterocycles. The monoisotopic (exact) mass is 494 g/mol. The molecule has 0 fully saturated rings. The van der Waals surface area contributed by atoms with Crippen LogP contribution in [-0.4, -0.2) is 50.2 Å². The van der Waals surface area contributed by atoms with Crippen LogP contribution in [0.3, 0.4) is 0 Å². The molecule has 4 aromatic rings. The Hall–Kier alpha value is -4.20. The Morgan fingerprint density at radius 3 is 2.22 bits per heavy atom. The van der Waals surface area contributed by atoms with E-state index in [2.05, 4.69) is 32.6 Å². The van der Waals surface area contributed by atoms with Crippen molar-refractivity contribution in [3.63, 3.8) is 0 Å². The lowest BCUT2D eigenvalue weighted by atomic mass is 9.88. The van der Waals surface area contributed by atoms with Gasteiger partial charge >= 0.3 is 0 Å². The van der Waals surface area contributed by atoms with E-state index in [1.165, 1.54) is 4.90 Å². The van der Waals surface area contributed by atoms with E-state index in [0.29, 0.717) is 34.7 Å². The zero-order valence-electron chi connectivity index (χ0n) is 21.4. The maximum Gasteiger partial charge on any atom is 0.261 e. The highest BCUT2D eigenvalue weighted by Crippen LogP contribution is 2.40. The van der Waals surface area contributed by atoms with Crippen molar-refractivity contribution < 1.29 is 9.59 Å². The van der Waals surface area contributed by atoms with Gasteiger partial charge in [0.25, 0.3) is 11.8 Å². The Labute approximate surface area is 216 Å². The molecule has 0 unspecified atom stereocenters. The van der Waals surface area contributed by atoms with Gasteiger partial charge in [0.1, 0.15) is 0 Å². The van der Waals surface area contributed by atoms with Crippen LogP contribution in [0, 0.1) is 6.92 Å². The molecular weight excluding hydrogens is 464 g/mol. The summed E-state index contributed by atoms with van der Waals surface area (Å²) in [6, 6.07) is 15.5. The Bertz CT molecular complexity index is 1480. The zero-order chi connectivity index (χ0) is 25.9. The minimum Gasteiger partial charge on any atom is -0.385 e. The maximum absolute atomic E-state index is 13.7. The number of amides is 2. The molecule has 3 aromatic carbocycles. The number of nitrogens with one attached hydrogen (secondary N) is 1. The number of imide groups is 1. The van der Waals surface area contributed by atoms with Crippen LogP contribution in [0.5, 0.6) is 0 Å². The van der Waals surface area contributed by atoms with E-state index in [1.54, 1.807) is 6.92 Å². The van der Waals surface area contributed by atoms with Gasteiger partial charge in [0.2, 0.25) is 5.82 Å². The first-order chi connectivity index (χ1) is 18.0. The molecule has 1 aromatic heterocycles. The summed E-state index contributed by atoms with van der Waals surface area (Å²) >= 11 is 0. The number of carbonyl (C=O) groups is 2. The second-order valence-corrected chi connectivity index (χ2v) is 9.32.